The van der Waals surface area contributed by atoms with Gasteiger partial charge in [-0.05, 0) is 6.08 Å². The predicted molar refractivity (Wildman–Crippen MR) is 73.1 cm³/mol. The molecule has 0 aromatic heterocycles. The molecular formula is C13H7ClN2O8. The Kier molecular flexibility index (Phi) is 4.33. The van der Waals surface area contributed by atoms with Gasteiger partial charge >= 0.3 is 11.4 Å². The molecule has 2 rings (SSSR count). The van der Waals surface area contributed by atoms with Gasteiger partial charge in [-0.1, -0.05) is 16.7 Å². The Hall–Kier alpha value is -3.27. The van der Waals surface area contributed by atoms with Crippen molar-refractivity contribution >= 4 is 46.6 Å². The van der Waals surface area contributed by atoms with Crippen molar-refractivity contribution in [1.29, 1.82) is 0 Å². The monoisotopic (exact) mass is 354 g/mol. The van der Waals surface area contributed by atoms with Crippen molar-refractivity contribution in [2.24, 2.45) is 0 Å². The van der Waals surface area contributed by atoms with Crippen LogP contribution in [0.4, 0.5) is 4.79 Å². The molecule has 0 atom stereocenters. The van der Waals surface area contributed by atoms with E-state index in [1.165, 1.54) is 0 Å². The third-order valence-corrected chi connectivity index (χ3v) is 2.84. The van der Waals surface area contributed by atoms with E-state index in [1.807, 2.05) is 0 Å². The number of hydrogen-bond acceptors (Lipinski definition) is 8. The van der Waals surface area contributed by atoms with Gasteiger partial charge in [0.05, 0.1) is 5.57 Å². The third kappa shape index (κ3) is 2.94. The summed E-state index contributed by atoms with van der Waals surface area (Å²) in [5, 5.41) is 0.254. The van der Waals surface area contributed by atoms with Crippen LogP contribution in [0.5, 0.6) is 0 Å². The highest BCUT2D eigenvalue weighted by Gasteiger charge is 2.42. The van der Waals surface area contributed by atoms with E-state index < -0.39 is 35.0 Å². The standard InChI is InChI=1S/C13H7ClN2O8/c1-5-8(12(21)16(10(5)19)23-6(2)17)3-7-4-9(18)15(11(7)20)24-13(14)22/h3-4H,1H2,2H3/b8-3+. The molecule has 0 spiro atoms. The van der Waals surface area contributed by atoms with E-state index in [0.29, 0.717) is 0 Å². The first-order valence-corrected chi connectivity index (χ1v) is 6.47. The van der Waals surface area contributed by atoms with Gasteiger partial charge in [-0.25, -0.2) is 9.59 Å². The number of carbonyl (C=O) groups excluding carboxylic acids is 6. The molecule has 0 unspecified atom stereocenters. The predicted octanol–water partition coefficient (Wildman–Crippen LogP) is -0.0985. The molecule has 0 aliphatic carbocycles. The van der Waals surface area contributed by atoms with Gasteiger partial charge in [-0.15, -0.1) is 0 Å². The average Bonchev–Trinajstić information content (AvgIpc) is 2.84. The van der Waals surface area contributed by atoms with Gasteiger partial charge in [0.15, 0.2) is 0 Å². The Morgan fingerprint density at radius 1 is 1.08 bits per heavy atom. The zero-order valence-corrected chi connectivity index (χ0v) is 12.7. The lowest BCUT2D eigenvalue weighted by Crippen LogP contribution is -2.32. The molecule has 0 N–H and O–H groups in total. The Balaban J connectivity index is 2.32. The number of carbonyl (C=O) groups is 6. The van der Waals surface area contributed by atoms with Crippen molar-refractivity contribution in [3.63, 3.8) is 0 Å². The van der Waals surface area contributed by atoms with Gasteiger partial charge in [-0.3, -0.25) is 19.2 Å². The molecule has 1 fully saturated rings. The summed E-state index contributed by atoms with van der Waals surface area (Å²) in [5.41, 5.74) is -2.50. The smallest absolute Gasteiger partial charge is 0.330 e. The number of hydroxylamine groups is 4. The molecule has 4 amide bonds. The highest BCUT2D eigenvalue weighted by molar-refractivity contribution is 6.61. The maximum Gasteiger partial charge on any atom is 0.428 e. The Morgan fingerprint density at radius 2 is 1.71 bits per heavy atom. The molecule has 10 nitrogen and oxygen atoms in total. The van der Waals surface area contributed by atoms with Crippen molar-refractivity contribution in [3.05, 3.63) is 35.5 Å². The fraction of sp³-hybridized carbons (Fsp3) is 0.0769. The fourth-order valence-electron chi connectivity index (χ4n) is 1.82. The fourth-order valence-corrected chi connectivity index (χ4v) is 1.89. The molecule has 24 heavy (non-hydrogen) atoms. The molecule has 0 aromatic rings. The number of amides is 4. The number of nitrogens with zero attached hydrogens (tertiary/aromatic N) is 2. The Labute approximate surface area is 138 Å². The summed E-state index contributed by atoms with van der Waals surface area (Å²) < 4.78 is 0. The largest absolute Gasteiger partial charge is 0.428 e. The zero-order valence-electron chi connectivity index (χ0n) is 11.9. The number of rotatable bonds is 3. The molecule has 2 aliphatic heterocycles. The highest BCUT2D eigenvalue weighted by atomic mass is 35.5. The van der Waals surface area contributed by atoms with Crippen LogP contribution >= 0.6 is 11.6 Å². The first kappa shape index (κ1) is 17.1. The highest BCUT2D eigenvalue weighted by Crippen LogP contribution is 2.27. The summed E-state index contributed by atoms with van der Waals surface area (Å²) in [6.45, 7) is 4.34. The molecule has 124 valence electrons. The lowest BCUT2D eigenvalue weighted by Gasteiger charge is -2.10. The summed E-state index contributed by atoms with van der Waals surface area (Å²) in [5.74, 6) is -5.06. The minimum absolute atomic E-state index is 0.0789. The molecule has 2 aliphatic rings. The van der Waals surface area contributed by atoms with E-state index in [4.69, 9.17) is 11.6 Å². The Morgan fingerprint density at radius 3 is 2.25 bits per heavy atom. The third-order valence-electron chi connectivity index (χ3n) is 2.78. The maximum atomic E-state index is 12.1. The summed E-state index contributed by atoms with van der Waals surface area (Å²) in [7, 11) is 0. The lowest BCUT2D eigenvalue weighted by atomic mass is 10.1. The van der Waals surface area contributed by atoms with Gasteiger partial charge in [0.2, 0.25) is 0 Å². The van der Waals surface area contributed by atoms with Crippen LogP contribution in [0.1, 0.15) is 6.92 Å². The summed E-state index contributed by atoms with van der Waals surface area (Å²) >= 11 is 4.93. The summed E-state index contributed by atoms with van der Waals surface area (Å²) in [6, 6.07) is 0. The van der Waals surface area contributed by atoms with Crippen molar-refractivity contribution in [3.8, 4) is 0 Å². The van der Waals surface area contributed by atoms with Gasteiger partial charge in [-0.2, -0.15) is 0 Å². The van der Waals surface area contributed by atoms with E-state index in [-0.39, 0.29) is 26.8 Å². The van der Waals surface area contributed by atoms with Crippen molar-refractivity contribution in [1.82, 2.24) is 10.1 Å². The van der Waals surface area contributed by atoms with Gasteiger partial charge in [0.25, 0.3) is 23.6 Å². The zero-order chi connectivity index (χ0) is 18.2. The maximum absolute atomic E-state index is 12.1. The van der Waals surface area contributed by atoms with Crippen LogP contribution < -0.4 is 0 Å². The SMILES string of the molecule is C=C1C(=O)N(OC(C)=O)C(=O)/C1=C/C1=CC(=O)N(OC(=O)Cl)C1=O. The van der Waals surface area contributed by atoms with Crippen LogP contribution in [0.15, 0.2) is 35.5 Å². The summed E-state index contributed by atoms with van der Waals surface area (Å²) in [4.78, 5) is 77.5. The topological polar surface area (TPSA) is 127 Å². The van der Waals surface area contributed by atoms with Crippen LogP contribution in [0.25, 0.3) is 0 Å². The molecule has 0 bridgehead atoms. The number of halogens is 1. The van der Waals surface area contributed by atoms with Gasteiger partial charge in [0, 0.05) is 35.7 Å². The van der Waals surface area contributed by atoms with Crippen LogP contribution in [0.3, 0.4) is 0 Å². The van der Waals surface area contributed by atoms with Crippen molar-refractivity contribution in [2.75, 3.05) is 0 Å². The minimum atomic E-state index is -1.42. The molecule has 11 heteroatoms. The van der Waals surface area contributed by atoms with Crippen LogP contribution in [-0.4, -0.2) is 45.2 Å². The van der Waals surface area contributed by atoms with Crippen LogP contribution in [0, 0.1) is 0 Å². The molecule has 0 aromatic carbocycles. The van der Waals surface area contributed by atoms with E-state index in [0.717, 1.165) is 19.1 Å². The molecule has 1 saturated heterocycles. The van der Waals surface area contributed by atoms with Gasteiger partial charge < -0.3 is 9.68 Å². The quantitative estimate of drug-likeness (QED) is 0.390. The molecule has 2 heterocycles. The second-order valence-corrected chi connectivity index (χ2v) is 4.70. The average molecular weight is 355 g/mol. The second-order valence-electron chi connectivity index (χ2n) is 4.39. The van der Waals surface area contributed by atoms with E-state index in [9.17, 15) is 28.8 Å². The number of imide groups is 2. The van der Waals surface area contributed by atoms with Crippen LogP contribution in [-0.2, 0) is 33.6 Å². The summed E-state index contributed by atoms with van der Waals surface area (Å²) in [6.07, 6.45) is 1.64. The van der Waals surface area contributed by atoms with Crippen LogP contribution in [0.2, 0.25) is 0 Å². The first-order chi connectivity index (χ1) is 11.1. The number of hydrogen-bond donors (Lipinski definition) is 0. The second kappa shape index (κ2) is 6.08. The van der Waals surface area contributed by atoms with E-state index in [1.54, 1.807) is 0 Å². The van der Waals surface area contributed by atoms with Crippen molar-refractivity contribution in [2.45, 2.75) is 6.92 Å². The molecule has 0 saturated carbocycles. The molecule has 0 radical (unpaired) electrons. The Bertz CT molecular complexity index is 794. The van der Waals surface area contributed by atoms with E-state index >= 15 is 0 Å². The minimum Gasteiger partial charge on any atom is -0.330 e. The van der Waals surface area contributed by atoms with Crippen molar-refractivity contribution < 1.29 is 38.4 Å². The molecular weight excluding hydrogens is 348 g/mol. The first-order valence-electron chi connectivity index (χ1n) is 6.09. The lowest BCUT2D eigenvalue weighted by molar-refractivity contribution is -0.194. The van der Waals surface area contributed by atoms with E-state index in [2.05, 4.69) is 16.3 Å². The normalized spacial score (nSPS) is 19.3. The van der Waals surface area contributed by atoms with Gasteiger partial charge in [0.1, 0.15) is 0 Å².